The lowest BCUT2D eigenvalue weighted by atomic mass is 9.74. The van der Waals surface area contributed by atoms with Crippen molar-refractivity contribution in [3.8, 4) is 11.1 Å². The highest BCUT2D eigenvalue weighted by Gasteiger charge is 2.39. The summed E-state index contributed by atoms with van der Waals surface area (Å²) < 4.78 is 37.3. The van der Waals surface area contributed by atoms with E-state index in [9.17, 15) is 13.6 Å². The molecule has 0 atom stereocenters. The Hall–Kier alpha value is -2.31. The highest BCUT2D eigenvalue weighted by Crippen LogP contribution is 2.35. The Morgan fingerprint density at radius 2 is 1.86 bits per heavy atom. The smallest absolute Gasteiger partial charge is 0.226 e. The molecule has 1 aliphatic heterocycles. The van der Waals surface area contributed by atoms with Gasteiger partial charge in [-0.05, 0) is 48.1 Å². The molecule has 0 aromatic heterocycles. The zero-order chi connectivity index (χ0) is 20.0. The van der Waals surface area contributed by atoms with Gasteiger partial charge in [0, 0.05) is 26.9 Å². The summed E-state index contributed by atoms with van der Waals surface area (Å²) >= 11 is 0. The molecule has 1 aliphatic rings. The highest BCUT2D eigenvalue weighted by atomic mass is 19.2. The molecule has 150 valence electrons. The molecule has 28 heavy (non-hydrogen) atoms. The number of halogens is 2. The third-order valence-electron chi connectivity index (χ3n) is 5.25. The van der Waals surface area contributed by atoms with Gasteiger partial charge in [0.2, 0.25) is 5.91 Å². The van der Waals surface area contributed by atoms with Crippen molar-refractivity contribution in [2.45, 2.75) is 19.3 Å². The quantitative estimate of drug-likeness (QED) is 0.734. The van der Waals surface area contributed by atoms with E-state index in [2.05, 4.69) is 5.32 Å². The van der Waals surface area contributed by atoms with Gasteiger partial charge in [0.15, 0.2) is 11.6 Å². The van der Waals surface area contributed by atoms with Gasteiger partial charge in [-0.1, -0.05) is 30.3 Å². The number of rotatable bonds is 7. The van der Waals surface area contributed by atoms with Gasteiger partial charge >= 0.3 is 0 Å². The molecule has 4 nitrogen and oxygen atoms in total. The molecule has 0 saturated carbocycles. The maximum absolute atomic E-state index is 13.6. The number of hydrogen-bond acceptors (Lipinski definition) is 3. The number of amides is 1. The lowest BCUT2D eigenvalue weighted by Gasteiger charge is -2.36. The van der Waals surface area contributed by atoms with Gasteiger partial charge in [0.1, 0.15) is 0 Å². The molecule has 0 bridgehead atoms. The lowest BCUT2D eigenvalue weighted by molar-refractivity contribution is -0.136. The molecule has 1 saturated heterocycles. The van der Waals surface area contributed by atoms with Crippen LogP contribution in [-0.4, -0.2) is 39.4 Å². The summed E-state index contributed by atoms with van der Waals surface area (Å²) in [5, 5.41) is 2.96. The molecule has 0 radical (unpaired) electrons. The summed E-state index contributed by atoms with van der Waals surface area (Å²) in [5.41, 5.74) is 1.83. The van der Waals surface area contributed by atoms with Crippen LogP contribution in [0, 0.1) is 17.0 Å². The Morgan fingerprint density at radius 3 is 2.57 bits per heavy atom. The Bertz CT molecular complexity index is 819. The average molecular weight is 389 g/mol. The van der Waals surface area contributed by atoms with Gasteiger partial charge in [-0.15, -0.1) is 0 Å². The number of carbonyl (C=O) groups excluding carboxylic acids is 1. The third-order valence-corrected chi connectivity index (χ3v) is 5.25. The van der Waals surface area contributed by atoms with Gasteiger partial charge in [-0.3, -0.25) is 4.79 Å². The van der Waals surface area contributed by atoms with Crippen LogP contribution in [0.15, 0.2) is 42.5 Å². The van der Waals surface area contributed by atoms with Gasteiger partial charge in [0.05, 0.1) is 12.0 Å². The van der Waals surface area contributed by atoms with E-state index in [4.69, 9.17) is 9.47 Å². The predicted octanol–water partition coefficient (Wildman–Crippen LogP) is 3.73. The van der Waals surface area contributed by atoms with E-state index in [0.717, 1.165) is 17.2 Å². The van der Waals surface area contributed by atoms with Gasteiger partial charge < -0.3 is 14.8 Å². The van der Waals surface area contributed by atoms with E-state index in [1.807, 2.05) is 24.3 Å². The van der Waals surface area contributed by atoms with Crippen LogP contribution in [0.25, 0.3) is 11.1 Å². The van der Waals surface area contributed by atoms with Gasteiger partial charge in [-0.2, -0.15) is 0 Å². The SMILES string of the molecule is COCCNC(=O)C1(Cc2cccc(-c3ccc(F)c(F)c3)c2)CCOCC1. The van der Waals surface area contributed by atoms with E-state index in [0.29, 0.717) is 51.2 Å². The molecular formula is C22H25F2NO3. The molecule has 0 unspecified atom stereocenters. The summed E-state index contributed by atoms with van der Waals surface area (Å²) in [6.45, 7) is 2.01. The Balaban J connectivity index is 1.82. The van der Waals surface area contributed by atoms with Gasteiger partial charge in [0.25, 0.3) is 0 Å². The minimum absolute atomic E-state index is 0.00563. The molecule has 1 N–H and O–H groups in total. The maximum atomic E-state index is 13.6. The minimum Gasteiger partial charge on any atom is -0.383 e. The van der Waals surface area contributed by atoms with E-state index < -0.39 is 17.0 Å². The zero-order valence-corrected chi connectivity index (χ0v) is 16.0. The fraction of sp³-hybridized carbons (Fsp3) is 0.409. The molecule has 2 aromatic rings. The Morgan fingerprint density at radius 1 is 1.11 bits per heavy atom. The van der Waals surface area contributed by atoms with Crippen LogP contribution in [0.1, 0.15) is 18.4 Å². The van der Waals surface area contributed by atoms with Crippen molar-refractivity contribution in [2.24, 2.45) is 5.41 Å². The molecular weight excluding hydrogens is 364 g/mol. The normalized spacial score (nSPS) is 16.0. The van der Waals surface area contributed by atoms with Crippen LogP contribution < -0.4 is 5.32 Å². The second-order valence-electron chi connectivity index (χ2n) is 7.15. The van der Waals surface area contributed by atoms with E-state index >= 15 is 0 Å². The monoisotopic (exact) mass is 389 g/mol. The molecule has 0 aliphatic carbocycles. The minimum atomic E-state index is -0.874. The number of benzene rings is 2. The number of carbonyl (C=O) groups is 1. The van der Waals surface area contributed by atoms with Crippen LogP contribution >= 0.6 is 0 Å². The third kappa shape index (κ3) is 4.75. The number of methoxy groups -OCH3 is 1. The predicted molar refractivity (Wildman–Crippen MR) is 103 cm³/mol. The van der Waals surface area contributed by atoms with Crippen LogP contribution in [0.2, 0.25) is 0 Å². The van der Waals surface area contributed by atoms with E-state index in [-0.39, 0.29) is 5.91 Å². The fourth-order valence-corrected chi connectivity index (χ4v) is 3.63. The van der Waals surface area contributed by atoms with Gasteiger partial charge in [-0.25, -0.2) is 8.78 Å². The summed E-state index contributed by atoms with van der Waals surface area (Å²) in [5.74, 6) is -1.74. The van der Waals surface area contributed by atoms with Crippen LogP contribution in [0.5, 0.6) is 0 Å². The summed E-state index contributed by atoms with van der Waals surface area (Å²) in [6.07, 6.45) is 1.84. The summed E-state index contributed by atoms with van der Waals surface area (Å²) in [6, 6.07) is 11.5. The molecule has 6 heteroatoms. The van der Waals surface area contributed by atoms with Crippen LogP contribution in [0.3, 0.4) is 0 Å². The van der Waals surface area contributed by atoms with Crippen LogP contribution in [0.4, 0.5) is 8.78 Å². The standard InChI is InChI=1S/C22H25F2NO3/c1-27-12-9-25-21(26)22(7-10-28-11-8-22)15-16-3-2-4-17(13-16)18-5-6-19(23)20(24)14-18/h2-6,13-14H,7-12,15H2,1H3,(H,25,26). The molecule has 3 rings (SSSR count). The number of nitrogens with one attached hydrogen (secondary N) is 1. The van der Waals surface area contributed by atoms with Crippen molar-refractivity contribution < 1.29 is 23.0 Å². The van der Waals surface area contributed by atoms with Crippen molar-refractivity contribution in [1.29, 1.82) is 0 Å². The second-order valence-corrected chi connectivity index (χ2v) is 7.15. The number of hydrogen-bond donors (Lipinski definition) is 1. The molecule has 1 amide bonds. The zero-order valence-electron chi connectivity index (χ0n) is 16.0. The average Bonchev–Trinajstić information content (AvgIpc) is 2.71. The highest BCUT2D eigenvalue weighted by molar-refractivity contribution is 5.83. The lowest BCUT2D eigenvalue weighted by Crippen LogP contribution is -2.46. The molecule has 1 fully saturated rings. The van der Waals surface area contributed by atoms with E-state index in [1.54, 1.807) is 13.2 Å². The van der Waals surface area contributed by atoms with Crippen molar-refractivity contribution in [2.75, 3.05) is 33.5 Å². The Kier molecular flexibility index (Phi) is 6.75. The van der Waals surface area contributed by atoms with E-state index in [1.165, 1.54) is 6.07 Å². The van der Waals surface area contributed by atoms with Crippen LogP contribution in [-0.2, 0) is 20.7 Å². The first-order valence-corrected chi connectivity index (χ1v) is 9.43. The fourth-order valence-electron chi connectivity index (χ4n) is 3.63. The summed E-state index contributed by atoms with van der Waals surface area (Å²) in [4.78, 5) is 12.9. The van der Waals surface area contributed by atoms with Crippen molar-refractivity contribution in [1.82, 2.24) is 5.32 Å². The number of ether oxygens (including phenoxy) is 2. The first kappa shape index (κ1) is 20.4. The van der Waals surface area contributed by atoms with Crippen molar-refractivity contribution in [3.63, 3.8) is 0 Å². The van der Waals surface area contributed by atoms with Crippen molar-refractivity contribution >= 4 is 5.91 Å². The summed E-state index contributed by atoms with van der Waals surface area (Å²) in [7, 11) is 1.60. The molecule has 2 aromatic carbocycles. The Labute approximate surface area is 163 Å². The first-order valence-electron chi connectivity index (χ1n) is 9.43. The maximum Gasteiger partial charge on any atom is 0.226 e. The first-order chi connectivity index (χ1) is 13.5. The molecule has 1 heterocycles. The molecule has 0 spiro atoms. The van der Waals surface area contributed by atoms with Crippen molar-refractivity contribution in [3.05, 3.63) is 59.7 Å². The topological polar surface area (TPSA) is 47.6 Å². The second kappa shape index (κ2) is 9.26. The largest absolute Gasteiger partial charge is 0.383 e.